The smallest absolute Gasteiger partial charge is 0.250 e. The zero-order chi connectivity index (χ0) is 14.1. The number of nitrogens with one attached hydrogen (secondary N) is 1. The topological polar surface area (TPSA) is 49.4 Å². The molecule has 0 saturated carbocycles. The molecule has 19 heavy (non-hydrogen) atoms. The highest BCUT2D eigenvalue weighted by Gasteiger charge is 2.30. The first-order chi connectivity index (χ1) is 8.81. The van der Waals surface area contributed by atoms with Gasteiger partial charge < -0.3 is 0 Å². The average Bonchev–Trinajstić information content (AvgIpc) is 2.97. The molecule has 0 aliphatic carbocycles. The van der Waals surface area contributed by atoms with Crippen molar-refractivity contribution in [1.82, 2.24) is 9.62 Å². The minimum Gasteiger partial charge on any atom is -0.297 e. The monoisotopic (exact) mass is 366 g/mol. The Kier molecular flexibility index (Phi) is 4.72. The zero-order valence-corrected chi connectivity index (χ0v) is 14.4. The van der Waals surface area contributed by atoms with Gasteiger partial charge in [0.05, 0.1) is 3.79 Å². The Balaban J connectivity index is 2.01. The molecule has 4 nitrogen and oxygen atoms in total. The van der Waals surface area contributed by atoms with Gasteiger partial charge in [0, 0.05) is 12.1 Å². The summed E-state index contributed by atoms with van der Waals surface area (Å²) in [5, 5.41) is 0. The van der Waals surface area contributed by atoms with Crippen LogP contribution in [0.1, 0.15) is 26.7 Å². The summed E-state index contributed by atoms with van der Waals surface area (Å²) >= 11 is 4.52. The molecule has 7 heteroatoms. The first-order valence-corrected chi connectivity index (χ1v) is 9.41. The molecule has 0 radical (unpaired) electrons. The lowest BCUT2D eigenvalue weighted by Crippen LogP contribution is -2.50. The summed E-state index contributed by atoms with van der Waals surface area (Å²) in [4.78, 5) is 2.35. The molecular formula is C12H19BrN2O2S2. The average molecular weight is 367 g/mol. The first-order valence-electron chi connectivity index (χ1n) is 6.31. The van der Waals surface area contributed by atoms with Crippen molar-refractivity contribution >= 4 is 37.3 Å². The van der Waals surface area contributed by atoms with E-state index in [1.807, 2.05) is 0 Å². The second-order valence-corrected chi connectivity index (χ2v) is 9.85. The summed E-state index contributed by atoms with van der Waals surface area (Å²) in [6.45, 7) is 6.72. The minimum atomic E-state index is -3.39. The van der Waals surface area contributed by atoms with E-state index >= 15 is 0 Å². The van der Waals surface area contributed by atoms with Gasteiger partial charge in [0.1, 0.15) is 4.21 Å². The standard InChI is InChI=1S/C12H19BrN2O2S2/c1-12(2,15-7-3-4-8-15)9-14-19(16,17)11-6-5-10(13)18-11/h5-6,14H,3-4,7-9H2,1-2H3. The van der Waals surface area contributed by atoms with Gasteiger partial charge in [-0.3, -0.25) is 4.90 Å². The SMILES string of the molecule is CC(C)(CNS(=O)(=O)c1ccc(Br)s1)N1CCCC1. The molecule has 1 fully saturated rings. The van der Waals surface area contributed by atoms with E-state index < -0.39 is 10.0 Å². The molecule has 0 amide bonds. The summed E-state index contributed by atoms with van der Waals surface area (Å²) in [6.07, 6.45) is 2.40. The van der Waals surface area contributed by atoms with Crippen molar-refractivity contribution in [3.05, 3.63) is 15.9 Å². The van der Waals surface area contributed by atoms with Crippen LogP contribution in [0.25, 0.3) is 0 Å². The van der Waals surface area contributed by atoms with E-state index in [4.69, 9.17) is 0 Å². The predicted octanol–water partition coefficient (Wildman–Crippen LogP) is 2.66. The van der Waals surface area contributed by atoms with Crippen LogP contribution in [-0.4, -0.2) is 38.5 Å². The van der Waals surface area contributed by atoms with Gasteiger partial charge in [-0.15, -0.1) is 11.3 Å². The highest BCUT2D eigenvalue weighted by Crippen LogP contribution is 2.26. The molecule has 1 aromatic heterocycles. The number of rotatable bonds is 5. The number of nitrogens with zero attached hydrogens (tertiary/aromatic N) is 1. The lowest BCUT2D eigenvalue weighted by molar-refractivity contribution is 0.158. The van der Waals surface area contributed by atoms with Crippen LogP contribution >= 0.6 is 27.3 Å². The number of halogens is 1. The summed E-state index contributed by atoms with van der Waals surface area (Å²) in [7, 11) is -3.39. The maximum Gasteiger partial charge on any atom is 0.250 e. The third kappa shape index (κ3) is 3.78. The van der Waals surface area contributed by atoms with Crippen LogP contribution in [0.3, 0.4) is 0 Å². The van der Waals surface area contributed by atoms with Crippen LogP contribution < -0.4 is 4.72 Å². The molecule has 0 aromatic carbocycles. The van der Waals surface area contributed by atoms with Gasteiger partial charge in [0.25, 0.3) is 0 Å². The molecule has 1 aliphatic rings. The van der Waals surface area contributed by atoms with E-state index in [0.29, 0.717) is 10.8 Å². The Hall–Kier alpha value is 0.0500. The Labute approximate surface area is 127 Å². The van der Waals surface area contributed by atoms with Crippen LogP contribution in [-0.2, 0) is 10.0 Å². The Morgan fingerprint density at radius 2 is 2.00 bits per heavy atom. The van der Waals surface area contributed by atoms with Gasteiger partial charge in [0.15, 0.2) is 0 Å². The fourth-order valence-electron chi connectivity index (χ4n) is 2.22. The lowest BCUT2D eigenvalue weighted by Gasteiger charge is -2.35. The van der Waals surface area contributed by atoms with Gasteiger partial charge >= 0.3 is 0 Å². The molecule has 2 rings (SSSR count). The van der Waals surface area contributed by atoms with E-state index in [0.717, 1.165) is 16.9 Å². The Morgan fingerprint density at radius 3 is 2.53 bits per heavy atom. The highest BCUT2D eigenvalue weighted by atomic mass is 79.9. The van der Waals surface area contributed by atoms with E-state index in [9.17, 15) is 8.42 Å². The summed E-state index contributed by atoms with van der Waals surface area (Å²) in [6, 6.07) is 3.38. The van der Waals surface area contributed by atoms with E-state index in [1.165, 1.54) is 24.2 Å². The van der Waals surface area contributed by atoms with Crippen molar-refractivity contribution in [2.24, 2.45) is 0 Å². The van der Waals surface area contributed by atoms with Crippen molar-refractivity contribution in [2.75, 3.05) is 19.6 Å². The van der Waals surface area contributed by atoms with Crippen LogP contribution in [0.2, 0.25) is 0 Å². The fraction of sp³-hybridized carbons (Fsp3) is 0.667. The molecule has 1 aromatic rings. The molecule has 0 spiro atoms. The molecule has 1 N–H and O–H groups in total. The quantitative estimate of drug-likeness (QED) is 0.871. The van der Waals surface area contributed by atoms with Crippen molar-refractivity contribution in [1.29, 1.82) is 0 Å². The molecular weight excluding hydrogens is 348 g/mol. The van der Waals surface area contributed by atoms with Gasteiger partial charge in [0.2, 0.25) is 10.0 Å². The molecule has 1 saturated heterocycles. The largest absolute Gasteiger partial charge is 0.297 e. The normalized spacial score (nSPS) is 18.1. The van der Waals surface area contributed by atoms with E-state index in [2.05, 4.69) is 39.4 Å². The highest BCUT2D eigenvalue weighted by molar-refractivity contribution is 9.11. The summed E-state index contributed by atoms with van der Waals surface area (Å²) in [5.41, 5.74) is -0.141. The molecule has 0 unspecified atom stereocenters. The van der Waals surface area contributed by atoms with Crippen LogP contribution in [0.4, 0.5) is 0 Å². The second kappa shape index (κ2) is 5.81. The molecule has 1 aliphatic heterocycles. The number of thiophene rings is 1. The Bertz CT molecular complexity index is 534. The summed E-state index contributed by atoms with van der Waals surface area (Å²) < 4.78 is 28.2. The van der Waals surface area contributed by atoms with E-state index in [-0.39, 0.29) is 5.54 Å². The maximum absolute atomic E-state index is 12.2. The van der Waals surface area contributed by atoms with E-state index in [1.54, 1.807) is 12.1 Å². The zero-order valence-electron chi connectivity index (χ0n) is 11.1. The first kappa shape index (κ1) is 15.4. The third-order valence-electron chi connectivity index (χ3n) is 3.47. The second-order valence-electron chi connectivity index (χ2n) is 5.39. The van der Waals surface area contributed by atoms with Crippen molar-refractivity contribution in [3.63, 3.8) is 0 Å². The van der Waals surface area contributed by atoms with Gasteiger partial charge in [-0.25, -0.2) is 13.1 Å². The fourth-order valence-corrected chi connectivity index (χ4v) is 5.48. The molecule has 0 bridgehead atoms. The Morgan fingerprint density at radius 1 is 1.37 bits per heavy atom. The van der Waals surface area contributed by atoms with Crippen LogP contribution in [0.15, 0.2) is 20.1 Å². The van der Waals surface area contributed by atoms with Gasteiger partial charge in [-0.1, -0.05) is 0 Å². The number of hydrogen-bond donors (Lipinski definition) is 1. The maximum atomic E-state index is 12.2. The third-order valence-corrected chi connectivity index (χ3v) is 6.99. The van der Waals surface area contributed by atoms with Gasteiger partial charge in [-0.05, 0) is 67.8 Å². The molecule has 0 atom stereocenters. The number of likely N-dealkylation sites (tertiary alicyclic amines) is 1. The predicted molar refractivity (Wildman–Crippen MR) is 82.1 cm³/mol. The van der Waals surface area contributed by atoms with Crippen LogP contribution in [0, 0.1) is 0 Å². The number of hydrogen-bond acceptors (Lipinski definition) is 4. The van der Waals surface area contributed by atoms with Crippen LogP contribution in [0.5, 0.6) is 0 Å². The number of sulfonamides is 1. The van der Waals surface area contributed by atoms with Gasteiger partial charge in [-0.2, -0.15) is 0 Å². The van der Waals surface area contributed by atoms with Crippen molar-refractivity contribution < 1.29 is 8.42 Å². The van der Waals surface area contributed by atoms with Crippen molar-refractivity contribution in [2.45, 2.75) is 36.4 Å². The lowest BCUT2D eigenvalue weighted by atomic mass is 10.0. The molecule has 108 valence electrons. The minimum absolute atomic E-state index is 0.141. The summed E-state index contributed by atoms with van der Waals surface area (Å²) in [5.74, 6) is 0. The van der Waals surface area contributed by atoms with Crippen molar-refractivity contribution in [3.8, 4) is 0 Å². The molecule has 2 heterocycles.